The van der Waals surface area contributed by atoms with Crippen LogP contribution in [-0.2, 0) is 6.54 Å². The maximum absolute atomic E-state index is 13.4. The standard InChI is InChI=1S/C17H17F2N3OS/c1-10-8-14(24-11(10)2)16(23)21(3)9-15-20-12-6-4-5-7-13(12)22(15)17(18)19/h4-8,17H,9H2,1-3H3. The van der Waals surface area contributed by atoms with E-state index in [9.17, 15) is 13.6 Å². The third-order valence-electron chi connectivity index (χ3n) is 3.97. The molecule has 24 heavy (non-hydrogen) atoms. The molecule has 2 heterocycles. The first-order valence-electron chi connectivity index (χ1n) is 7.45. The third kappa shape index (κ3) is 2.91. The van der Waals surface area contributed by atoms with Gasteiger partial charge in [0.1, 0.15) is 5.82 Å². The summed E-state index contributed by atoms with van der Waals surface area (Å²) in [6, 6.07) is 8.56. The summed E-state index contributed by atoms with van der Waals surface area (Å²) in [6.45, 7) is 1.21. The van der Waals surface area contributed by atoms with Crippen LogP contribution in [0.2, 0.25) is 0 Å². The second-order valence-corrected chi connectivity index (χ2v) is 6.93. The molecule has 0 aliphatic carbocycles. The maximum atomic E-state index is 13.4. The van der Waals surface area contributed by atoms with E-state index in [1.165, 1.54) is 16.2 Å². The highest BCUT2D eigenvalue weighted by molar-refractivity contribution is 7.14. The third-order valence-corrected chi connectivity index (χ3v) is 5.11. The van der Waals surface area contributed by atoms with Gasteiger partial charge in [0.2, 0.25) is 0 Å². The van der Waals surface area contributed by atoms with Crippen LogP contribution in [0.1, 0.15) is 32.5 Å². The van der Waals surface area contributed by atoms with Gasteiger partial charge in [0, 0.05) is 11.9 Å². The Bertz CT molecular complexity index is 881. The summed E-state index contributed by atoms with van der Waals surface area (Å²) in [5.74, 6) is -0.0175. The number of thiophene rings is 1. The van der Waals surface area contributed by atoms with Crippen molar-refractivity contribution in [3.63, 3.8) is 0 Å². The quantitative estimate of drug-likeness (QED) is 0.701. The number of aromatic nitrogens is 2. The molecule has 0 atom stereocenters. The molecule has 0 unspecified atom stereocenters. The van der Waals surface area contributed by atoms with Gasteiger partial charge in [-0.05, 0) is 37.6 Å². The lowest BCUT2D eigenvalue weighted by molar-refractivity contribution is 0.0648. The Morgan fingerprint density at radius 3 is 2.67 bits per heavy atom. The summed E-state index contributed by atoms with van der Waals surface area (Å²) in [5.41, 5.74) is 1.92. The van der Waals surface area contributed by atoms with E-state index < -0.39 is 6.55 Å². The predicted octanol–water partition coefficient (Wildman–Crippen LogP) is 4.38. The maximum Gasteiger partial charge on any atom is 0.320 e. The van der Waals surface area contributed by atoms with Gasteiger partial charge < -0.3 is 4.90 Å². The average Bonchev–Trinajstić information content (AvgIpc) is 3.06. The SMILES string of the molecule is Cc1cc(C(=O)N(C)Cc2nc3ccccc3n2C(F)F)sc1C. The van der Waals surface area contributed by atoms with Crippen LogP contribution in [0.3, 0.4) is 0 Å². The number of halogens is 2. The fourth-order valence-corrected chi connectivity index (χ4v) is 3.60. The van der Waals surface area contributed by atoms with E-state index in [1.807, 2.05) is 19.9 Å². The molecule has 0 saturated heterocycles. The minimum Gasteiger partial charge on any atom is -0.334 e. The molecule has 0 aliphatic rings. The molecule has 0 N–H and O–H groups in total. The van der Waals surface area contributed by atoms with Crippen molar-refractivity contribution in [1.29, 1.82) is 0 Å². The van der Waals surface area contributed by atoms with Crippen molar-refractivity contribution in [3.8, 4) is 0 Å². The molecular weight excluding hydrogens is 332 g/mol. The number of alkyl halides is 2. The molecule has 1 amide bonds. The van der Waals surface area contributed by atoms with Crippen LogP contribution in [0, 0.1) is 13.8 Å². The first kappa shape index (κ1) is 16.6. The molecule has 3 aromatic rings. The van der Waals surface area contributed by atoms with E-state index in [4.69, 9.17) is 0 Å². The van der Waals surface area contributed by atoms with Gasteiger partial charge in [-0.15, -0.1) is 11.3 Å². The van der Waals surface area contributed by atoms with Gasteiger partial charge in [-0.3, -0.25) is 9.36 Å². The summed E-state index contributed by atoms with van der Waals surface area (Å²) in [7, 11) is 1.60. The summed E-state index contributed by atoms with van der Waals surface area (Å²) < 4.78 is 27.8. The van der Waals surface area contributed by atoms with Crippen LogP contribution in [0.4, 0.5) is 8.78 Å². The van der Waals surface area contributed by atoms with Crippen molar-refractivity contribution in [2.45, 2.75) is 26.9 Å². The Kier molecular flexibility index (Phi) is 4.36. The molecule has 126 valence electrons. The molecule has 0 saturated carbocycles. The topological polar surface area (TPSA) is 38.1 Å². The Balaban J connectivity index is 1.91. The van der Waals surface area contributed by atoms with Crippen molar-refractivity contribution in [3.05, 3.63) is 51.5 Å². The minimum absolute atomic E-state index is 0.0217. The normalized spacial score (nSPS) is 11.4. The first-order valence-corrected chi connectivity index (χ1v) is 8.26. The molecule has 4 nitrogen and oxygen atoms in total. The Hall–Kier alpha value is -2.28. The Morgan fingerprint density at radius 2 is 2.04 bits per heavy atom. The van der Waals surface area contributed by atoms with E-state index >= 15 is 0 Å². The number of aryl methyl sites for hydroxylation is 2. The van der Waals surface area contributed by atoms with Gasteiger partial charge >= 0.3 is 6.55 Å². The fourth-order valence-electron chi connectivity index (χ4n) is 2.57. The summed E-state index contributed by atoms with van der Waals surface area (Å²) >= 11 is 1.41. The number of imidazole rings is 1. The predicted molar refractivity (Wildman–Crippen MR) is 90.6 cm³/mol. The van der Waals surface area contributed by atoms with Crippen LogP contribution >= 0.6 is 11.3 Å². The van der Waals surface area contributed by atoms with Crippen molar-refractivity contribution in [2.75, 3.05) is 7.05 Å². The van der Waals surface area contributed by atoms with E-state index in [0.717, 1.165) is 15.0 Å². The second-order valence-electron chi connectivity index (χ2n) is 5.68. The van der Waals surface area contributed by atoms with Gasteiger partial charge in [-0.25, -0.2) is 4.98 Å². The highest BCUT2D eigenvalue weighted by atomic mass is 32.1. The lowest BCUT2D eigenvalue weighted by atomic mass is 10.3. The van der Waals surface area contributed by atoms with Crippen molar-refractivity contribution in [2.24, 2.45) is 0 Å². The molecule has 7 heteroatoms. The van der Waals surface area contributed by atoms with E-state index in [-0.39, 0.29) is 18.3 Å². The van der Waals surface area contributed by atoms with E-state index in [0.29, 0.717) is 15.9 Å². The monoisotopic (exact) mass is 349 g/mol. The molecule has 1 aromatic carbocycles. The van der Waals surface area contributed by atoms with Crippen LogP contribution in [0.25, 0.3) is 11.0 Å². The second kappa shape index (κ2) is 6.32. The van der Waals surface area contributed by atoms with Gasteiger partial charge in [0.25, 0.3) is 5.91 Å². The zero-order chi connectivity index (χ0) is 17.4. The number of carbonyl (C=O) groups is 1. The number of nitrogens with zero attached hydrogens (tertiary/aromatic N) is 3. The Morgan fingerprint density at radius 1 is 1.33 bits per heavy atom. The lowest BCUT2D eigenvalue weighted by Crippen LogP contribution is -2.27. The number of hydrogen-bond donors (Lipinski definition) is 0. The highest BCUT2D eigenvalue weighted by Crippen LogP contribution is 2.25. The number of carbonyl (C=O) groups excluding carboxylic acids is 1. The van der Waals surface area contributed by atoms with Gasteiger partial charge in [0.15, 0.2) is 0 Å². The smallest absolute Gasteiger partial charge is 0.320 e. The lowest BCUT2D eigenvalue weighted by Gasteiger charge is -2.17. The van der Waals surface area contributed by atoms with E-state index in [1.54, 1.807) is 31.3 Å². The van der Waals surface area contributed by atoms with Crippen molar-refractivity contribution in [1.82, 2.24) is 14.5 Å². The van der Waals surface area contributed by atoms with Crippen LogP contribution in [0.5, 0.6) is 0 Å². The number of para-hydroxylation sites is 2. The summed E-state index contributed by atoms with van der Waals surface area (Å²) in [5, 5.41) is 0. The molecule has 0 bridgehead atoms. The largest absolute Gasteiger partial charge is 0.334 e. The number of fused-ring (bicyclic) bond motifs is 1. The molecule has 0 radical (unpaired) electrons. The van der Waals surface area contributed by atoms with Crippen molar-refractivity contribution >= 4 is 28.3 Å². The number of rotatable bonds is 4. The number of amides is 1. The highest BCUT2D eigenvalue weighted by Gasteiger charge is 2.21. The average molecular weight is 349 g/mol. The zero-order valence-corrected chi connectivity index (χ0v) is 14.4. The molecule has 0 aliphatic heterocycles. The summed E-state index contributed by atoms with van der Waals surface area (Å²) in [6.07, 6.45) is 0. The fraction of sp³-hybridized carbons (Fsp3) is 0.294. The molecule has 0 fully saturated rings. The summed E-state index contributed by atoms with van der Waals surface area (Å²) in [4.78, 5) is 19.9. The van der Waals surface area contributed by atoms with Crippen LogP contribution in [0.15, 0.2) is 30.3 Å². The molecule has 2 aromatic heterocycles. The number of hydrogen-bond acceptors (Lipinski definition) is 3. The molecule has 0 spiro atoms. The van der Waals surface area contributed by atoms with Gasteiger partial charge in [-0.2, -0.15) is 8.78 Å². The minimum atomic E-state index is -2.71. The number of benzene rings is 1. The Labute approximate surface area is 142 Å². The van der Waals surface area contributed by atoms with Gasteiger partial charge in [0.05, 0.1) is 22.5 Å². The molecule has 3 rings (SSSR count). The zero-order valence-electron chi connectivity index (χ0n) is 13.6. The first-order chi connectivity index (χ1) is 11.4. The van der Waals surface area contributed by atoms with E-state index in [2.05, 4.69) is 4.98 Å². The van der Waals surface area contributed by atoms with Crippen LogP contribution < -0.4 is 0 Å². The van der Waals surface area contributed by atoms with Crippen molar-refractivity contribution < 1.29 is 13.6 Å². The van der Waals surface area contributed by atoms with Crippen LogP contribution in [-0.4, -0.2) is 27.4 Å². The van der Waals surface area contributed by atoms with Gasteiger partial charge in [-0.1, -0.05) is 12.1 Å². The molecular formula is C17H17F2N3OS.